The lowest BCUT2D eigenvalue weighted by Crippen LogP contribution is -2.18. The second-order valence-electron chi connectivity index (χ2n) is 9.90. The van der Waals surface area contributed by atoms with Gasteiger partial charge in [0.05, 0.1) is 37.5 Å². The number of carbonyl (C=O) groups is 3. The third-order valence-electron chi connectivity index (χ3n) is 6.89. The van der Waals surface area contributed by atoms with Crippen molar-refractivity contribution in [3.05, 3.63) is 114 Å². The Morgan fingerprint density at radius 3 is 2.20 bits per heavy atom. The number of anilines is 1. The number of halogens is 2. The number of carbonyl (C=O) groups excluding carboxylic acids is 3. The van der Waals surface area contributed by atoms with E-state index in [4.69, 9.17) is 30.5 Å². The number of non-ortho nitro benzene ring substituents is 1. The number of nitro groups is 1. The first-order valence-corrected chi connectivity index (χ1v) is 15.9. The molecule has 0 saturated carbocycles. The SMILES string of the molecule is COc1cc(C(=O)Nc2ccc(C(=O)N/N=C\c3cc(Br)ccc3OC(=O)c3sc4cc([N+](=O)[O-])ccc4c3Cl)cc2)cc(OC)c1OC. The Labute approximate surface area is 295 Å². The van der Waals surface area contributed by atoms with Crippen molar-refractivity contribution < 1.29 is 38.3 Å². The number of rotatable bonds is 11. The molecule has 2 amide bonds. The van der Waals surface area contributed by atoms with Gasteiger partial charge < -0.3 is 24.3 Å². The zero-order chi connectivity index (χ0) is 35.2. The van der Waals surface area contributed by atoms with Crippen LogP contribution >= 0.6 is 38.9 Å². The molecule has 0 aliphatic heterocycles. The number of hydrazone groups is 1. The molecule has 0 atom stereocenters. The van der Waals surface area contributed by atoms with Gasteiger partial charge >= 0.3 is 5.97 Å². The number of nitro benzene ring substituents is 1. The van der Waals surface area contributed by atoms with Crippen LogP contribution in [0.1, 0.15) is 36.0 Å². The van der Waals surface area contributed by atoms with Gasteiger partial charge in [0.1, 0.15) is 10.6 Å². The molecule has 0 bridgehead atoms. The molecule has 250 valence electrons. The number of hydrogen-bond donors (Lipinski definition) is 2. The lowest BCUT2D eigenvalue weighted by atomic mass is 10.1. The van der Waals surface area contributed by atoms with E-state index in [0.29, 0.717) is 43.1 Å². The summed E-state index contributed by atoms with van der Waals surface area (Å²) in [6, 6.07) is 18.1. The summed E-state index contributed by atoms with van der Waals surface area (Å²) >= 11 is 10.7. The Hall–Kier alpha value is -5.51. The highest BCUT2D eigenvalue weighted by molar-refractivity contribution is 9.10. The van der Waals surface area contributed by atoms with Crippen LogP contribution in [0.3, 0.4) is 0 Å². The Kier molecular flexibility index (Phi) is 10.8. The van der Waals surface area contributed by atoms with Crippen LogP contribution in [0.25, 0.3) is 10.1 Å². The number of hydrogen-bond acceptors (Lipinski definition) is 11. The van der Waals surface area contributed by atoms with E-state index in [1.807, 2.05) is 0 Å². The zero-order valence-electron chi connectivity index (χ0n) is 25.7. The first-order chi connectivity index (χ1) is 23.5. The minimum absolute atomic E-state index is 0.0689. The van der Waals surface area contributed by atoms with Crippen LogP contribution in [0.15, 0.2) is 82.4 Å². The van der Waals surface area contributed by atoms with Crippen LogP contribution in [0.4, 0.5) is 11.4 Å². The molecule has 0 fully saturated rings. The summed E-state index contributed by atoms with van der Waals surface area (Å²) < 4.78 is 22.6. The van der Waals surface area contributed by atoms with Crippen LogP contribution in [0.2, 0.25) is 5.02 Å². The number of fused-ring (bicyclic) bond motifs is 1. The number of nitrogens with zero attached hydrogens (tertiary/aromatic N) is 2. The van der Waals surface area contributed by atoms with Crippen LogP contribution in [-0.4, -0.2) is 50.3 Å². The predicted octanol–water partition coefficient (Wildman–Crippen LogP) is 7.49. The number of esters is 1. The number of nitrogens with one attached hydrogen (secondary N) is 2. The van der Waals surface area contributed by atoms with E-state index in [1.54, 1.807) is 24.3 Å². The molecule has 5 rings (SSSR count). The van der Waals surface area contributed by atoms with Crippen molar-refractivity contribution in [1.29, 1.82) is 0 Å². The van der Waals surface area contributed by atoms with E-state index in [9.17, 15) is 24.5 Å². The van der Waals surface area contributed by atoms with Crippen LogP contribution in [0.5, 0.6) is 23.0 Å². The number of ether oxygens (including phenoxy) is 4. The van der Waals surface area contributed by atoms with Crippen molar-refractivity contribution in [2.75, 3.05) is 26.6 Å². The second kappa shape index (κ2) is 15.1. The van der Waals surface area contributed by atoms with Crippen LogP contribution in [0, 0.1) is 10.1 Å². The molecule has 0 saturated heterocycles. The van der Waals surface area contributed by atoms with E-state index >= 15 is 0 Å². The zero-order valence-corrected chi connectivity index (χ0v) is 28.9. The van der Waals surface area contributed by atoms with Gasteiger partial charge in [-0.05, 0) is 60.7 Å². The average molecular weight is 768 g/mol. The normalized spacial score (nSPS) is 10.9. The first kappa shape index (κ1) is 34.8. The summed E-state index contributed by atoms with van der Waals surface area (Å²) in [7, 11) is 4.36. The Balaban J connectivity index is 1.24. The lowest BCUT2D eigenvalue weighted by Gasteiger charge is -2.14. The molecule has 0 radical (unpaired) electrons. The molecule has 0 unspecified atom stereocenters. The third-order valence-corrected chi connectivity index (χ3v) is 9.02. The van der Waals surface area contributed by atoms with Crippen molar-refractivity contribution >= 4 is 84.3 Å². The number of thiophene rings is 1. The summed E-state index contributed by atoms with van der Waals surface area (Å²) in [6.07, 6.45) is 1.30. The summed E-state index contributed by atoms with van der Waals surface area (Å²) in [5, 5.41) is 18.5. The summed E-state index contributed by atoms with van der Waals surface area (Å²) in [6.45, 7) is 0. The molecular weight excluding hydrogens is 744 g/mol. The van der Waals surface area contributed by atoms with Gasteiger partial charge in [0.15, 0.2) is 11.5 Å². The van der Waals surface area contributed by atoms with Crippen LogP contribution < -0.4 is 29.7 Å². The molecule has 1 heterocycles. The number of benzene rings is 4. The molecule has 16 heteroatoms. The smallest absolute Gasteiger partial charge is 0.355 e. The maximum absolute atomic E-state index is 13.1. The third kappa shape index (κ3) is 7.80. The minimum atomic E-state index is -0.771. The fourth-order valence-electron chi connectivity index (χ4n) is 4.50. The molecule has 0 spiro atoms. The maximum Gasteiger partial charge on any atom is 0.355 e. The van der Waals surface area contributed by atoms with E-state index < -0.39 is 22.7 Å². The molecule has 0 aliphatic rings. The Morgan fingerprint density at radius 1 is 0.878 bits per heavy atom. The minimum Gasteiger partial charge on any atom is -0.493 e. The van der Waals surface area contributed by atoms with Crippen molar-refractivity contribution in [3.63, 3.8) is 0 Å². The van der Waals surface area contributed by atoms with Crippen molar-refractivity contribution in [3.8, 4) is 23.0 Å². The van der Waals surface area contributed by atoms with Gasteiger partial charge in [0, 0.05) is 49.1 Å². The standard InChI is InChI=1S/C33H24BrClN4O9S/c1-45-25-13-18(14-26(46-2)29(25)47-3)31(40)37-21-7-4-17(5-8-21)32(41)38-36-16-19-12-20(34)6-11-24(19)48-33(42)30-28(35)23-10-9-22(39(43)44)15-27(23)49-30/h4-16H,1-3H3,(H,37,40)(H,38,41)/b36-16-. The van der Waals surface area contributed by atoms with E-state index in [-0.39, 0.29) is 32.5 Å². The van der Waals surface area contributed by atoms with Crippen molar-refractivity contribution in [2.45, 2.75) is 0 Å². The first-order valence-electron chi connectivity index (χ1n) is 14.0. The molecule has 4 aromatic carbocycles. The fourth-order valence-corrected chi connectivity index (χ4v) is 6.30. The highest BCUT2D eigenvalue weighted by Crippen LogP contribution is 2.39. The Morgan fingerprint density at radius 2 is 1.57 bits per heavy atom. The van der Waals surface area contributed by atoms with Gasteiger partial charge in [-0.2, -0.15) is 5.10 Å². The number of amides is 2. The molecule has 1 aromatic heterocycles. The Bertz CT molecular complexity index is 2110. The molecule has 0 aliphatic carbocycles. The van der Waals surface area contributed by atoms with Gasteiger partial charge in [0.25, 0.3) is 17.5 Å². The van der Waals surface area contributed by atoms with Crippen LogP contribution in [-0.2, 0) is 0 Å². The summed E-state index contributed by atoms with van der Waals surface area (Å²) in [4.78, 5) is 49.5. The van der Waals surface area contributed by atoms with Gasteiger partial charge in [-0.1, -0.05) is 27.5 Å². The topological polar surface area (TPSA) is 168 Å². The largest absolute Gasteiger partial charge is 0.493 e. The van der Waals surface area contributed by atoms with Crippen molar-refractivity contribution in [2.24, 2.45) is 5.10 Å². The highest BCUT2D eigenvalue weighted by Gasteiger charge is 2.22. The highest BCUT2D eigenvalue weighted by atomic mass is 79.9. The molecule has 49 heavy (non-hydrogen) atoms. The lowest BCUT2D eigenvalue weighted by molar-refractivity contribution is -0.384. The van der Waals surface area contributed by atoms with E-state index in [2.05, 4.69) is 31.8 Å². The summed E-state index contributed by atoms with van der Waals surface area (Å²) in [5.74, 6) is -0.633. The summed E-state index contributed by atoms with van der Waals surface area (Å²) in [5.41, 5.74) is 3.58. The van der Waals surface area contributed by atoms with Gasteiger partial charge in [-0.15, -0.1) is 11.3 Å². The monoisotopic (exact) mass is 766 g/mol. The van der Waals surface area contributed by atoms with E-state index in [1.165, 1.54) is 76.1 Å². The predicted molar refractivity (Wildman–Crippen MR) is 188 cm³/mol. The van der Waals surface area contributed by atoms with Gasteiger partial charge in [-0.3, -0.25) is 19.7 Å². The molecule has 2 N–H and O–H groups in total. The molecule has 5 aromatic rings. The molecular formula is C33H24BrClN4O9S. The van der Waals surface area contributed by atoms with Gasteiger partial charge in [-0.25, -0.2) is 10.2 Å². The quantitative estimate of drug-likeness (QED) is 0.0455. The van der Waals surface area contributed by atoms with Crippen molar-refractivity contribution in [1.82, 2.24) is 5.43 Å². The average Bonchev–Trinajstić information content (AvgIpc) is 3.44. The fraction of sp³-hybridized carbons (Fsp3) is 0.0909. The van der Waals surface area contributed by atoms with E-state index in [0.717, 1.165) is 11.3 Å². The molecule has 13 nitrogen and oxygen atoms in total. The second-order valence-corrected chi connectivity index (χ2v) is 12.2. The van der Waals surface area contributed by atoms with Gasteiger partial charge in [0.2, 0.25) is 5.75 Å². The maximum atomic E-state index is 13.1. The number of methoxy groups -OCH3 is 3.